The van der Waals surface area contributed by atoms with Crippen LogP contribution in [0.5, 0.6) is 0 Å². The van der Waals surface area contributed by atoms with Gasteiger partial charge in [0.1, 0.15) is 0 Å². The van der Waals surface area contributed by atoms with Crippen LogP contribution in [0.15, 0.2) is 32.9 Å². The van der Waals surface area contributed by atoms with E-state index in [9.17, 15) is 4.79 Å². The molecule has 0 unspecified atom stereocenters. The van der Waals surface area contributed by atoms with E-state index in [1.54, 1.807) is 23.1 Å². The number of aromatic nitrogens is 2. The molecular formula is C16H21N3OS3. The van der Waals surface area contributed by atoms with Crippen LogP contribution in [0.1, 0.15) is 39.2 Å². The van der Waals surface area contributed by atoms with Crippen molar-refractivity contribution in [1.82, 2.24) is 10.2 Å². The summed E-state index contributed by atoms with van der Waals surface area (Å²) in [7, 11) is 0. The van der Waals surface area contributed by atoms with Crippen molar-refractivity contribution in [1.29, 1.82) is 0 Å². The van der Waals surface area contributed by atoms with Crippen molar-refractivity contribution in [2.45, 2.75) is 47.5 Å². The summed E-state index contributed by atoms with van der Waals surface area (Å²) in [6, 6.07) is 7.94. The van der Waals surface area contributed by atoms with Gasteiger partial charge in [-0.3, -0.25) is 4.79 Å². The summed E-state index contributed by atoms with van der Waals surface area (Å²) in [5.74, 6) is 1.33. The van der Waals surface area contributed by atoms with Crippen LogP contribution in [0.3, 0.4) is 0 Å². The minimum Gasteiger partial charge on any atom is -0.325 e. The zero-order valence-electron chi connectivity index (χ0n) is 13.7. The quantitative estimate of drug-likeness (QED) is 0.706. The fourth-order valence-electron chi connectivity index (χ4n) is 1.98. The predicted molar refractivity (Wildman–Crippen MR) is 101 cm³/mol. The van der Waals surface area contributed by atoms with Gasteiger partial charge >= 0.3 is 0 Å². The number of benzene rings is 1. The van der Waals surface area contributed by atoms with Crippen molar-refractivity contribution in [3.63, 3.8) is 0 Å². The molecule has 2 rings (SSSR count). The summed E-state index contributed by atoms with van der Waals surface area (Å²) in [5.41, 5.74) is 2.04. The van der Waals surface area contributed by atoms with E-state index in [1.165, 1.54) is 11.8 Å². The van der Waals surface area contributed by atoms with E-state index in [-0.39, 0.29) is 11.2 Å². The van der Waals surface area contributed by atoms with Gasteiger partial charge in [0.05, 0.1) is 5.25 Å². The predicted octanol–water partition coefficient (Wildman–Crippen LogP) is 4.89. The monoisotopic (exact) mass is 367 g/mol. The van der Waals surface area contributed by atoms with Crippen LogP contribution in [-0.2, 0) is 4.79 Å². The maximum absolute atomic E-state index is 12.4. The number of carbonyl (C=O) groups excluding carboxylic acids is 1. The number of hydrogen-bond acceptors (Lipinski definition) is 6. The van der Waals surface area contributed by atoms with E-state index in [0.717, 1.165) is 25.7 Å². The summed E-state index contributed by atoms with van der Waals surface area (Å²) in [6.07, 6.45) is 0. The third-order valence-corrected chi connectivity index (χ3v) is 6.27. The number of hydrogen-bond donors (Lipinski definition) is 1. The Balaban J connectivity index is 1.99. The molecular weight excluding hydrogens is 346 g/mol. The van der Waals surface area contributed by atoms with Crippen LogP contribution >= 0.6 is 34.9 Å². The molecule has 1 amide bonds. The number of amides is 1. The molecule has 7 heteroatoms. The van der Waals surface area contributed by atoms with Gasteiger partial charge in [-0.25, -0.2) is 0 Å². The average molecular weight is 368 g/mol. The Hall–Kier alpha value is -1.05. The third kappa shape index (κ3) is 5.22. The Labute approximate surface area is 149 Å². The third-order valence-electron chi connectivity index (χ3n) is 3.14. The molecule has 1 heterocycles. The molecule has 0 aliphatic heterocycles. The summed E-state index contributed by atoms with van der Waals surface area (Å²) in [4.78, 5) is 12.4. The minimum absolute atomic E-state index is 0.0111. The van der Waals surface area contributed by atoms with E-state index in [2.05, 4.69) is 42.4 Å². The number of anilines is 1. The molecule has 0 bridgehead atoms. The summed E-state index contributed by atoms with van der Waals surface area (Å²) >= 11 is 4.66. The topological polar surface area (TPSA) is 54.9 Å². The molecule has 2 aromatic rings. The van der Waals surface area contributed by atoms with Crippen molar-refractivity contribution < 1.29 is 4.79 Å². The van der Waals surface area contributed by atoms with Crippen molar-refractivity contribution in [2.24, 2.45) is 0 Å². The minimum atomic E-state index is -0.220. The molecule has 1 N–H and O–H groups in total. The van der Waals surface area contributed by atoms with E-state index >= 15 is 0 Å². The Morgan fingerprint density at radius 3 is 2.61 bits per heavy atom. The number of thioether (sulfide) groups is 2. The van der Waals surface area contributed by atoms with Crippen LogP contribution < -0.4 is 5.32 Å². The second kappa shape index (κ2) is 8.70. The zero-order valence-corrected chi connectivity index (χ0v) is 16.1. The zero-order chi connectivity index (χ0) is 16.8. The summed E-state index contributed by atoms with van der Waals surface area (Å²) < 4.78 is 1.79. The average Bonchev–Trinajstić information content (AvgIpc) is 2.95. The maximum Gasteiger partial charge on any atom is 0.237 e. The lowest BCUT2D eigenvalue weighted by Gasteiger charge is -2.15. The first-order chi connectivity index (χ1) is 11.0. The van der Waals surface area contributed by atoms with Gasteiger partial charge in [0.15, 0.2) is 8.68 Å². The van der Waals surface area contributed by atoms with E-state index in [1.807, 2.05) is 25.1 Å². The highest BCUT2D eigenvalue weighted by Crippen LogP contribution is 2.32. The van der Waals surface area contributed by atoms with Crippen LogP contribution in [0, 0.1) is 0 Å². The van der Waals surface area contributed by atoms with E-state index in [0.29, 0.717) is 5.92 Å². The molecule has 1 atom stereocenters. The molecule has 0 saturated carbocycles. The molecule has 0 aliphatic carbocycles. The van der Waals surface area contributed by atoms with Gasteiger partial charge in [-0.05, 0) is 30.2 Å². The second-order valence-electron chi connectivity index (χ2n) is 5.26. The number of carbonyl (C=O) groups is 1. The molecule has 0 fully saturated rings. The van der Waals surface area contributed by atoms with Gasteiger partial charge in [0.2, 0.25) is 5.91 Å². The van der Waals surface area contributed by atoms with Gasteiger partial charge in [0.25, 0.3) is 0 Å². The SMILES string of the molecule is CCSc1nnc(S[C@H](C)C(=O)Nc2ccccc2C(C)C)s1. The first kappa shape index (κ1) is 18.3. The molecule has 1 aromatic carbocycles. The van der Waals surface area contributed by atoms with Crippen LogP contribution in [0.25, 0.3) is 0 Å². The first-order valence-electron chi connectivity index (χ1n) is 7.54. The maximum atomic E-state index is 12.4. The largest absolute Gasteiger partial charge is 0.325 e. The fourth-order valence-corrected chi connectivity index (χ4v) is 5.04. The Morgan fingerprint density at radius 2 is 1.91 bits per heavy atom. The van der Waals surface area contributed by atoms with E-state index < -0.39 is 0 Å². The molecule has 124 valence electrons. The van der Waals surface area contributed by atoms with Crippen LogP contribution in [0.4, 0.5) is 5.69 Å². The van der Waals surface area contributed by atoms with Gasteiger partial charge in [-0.2, -0.15) is 0 Å². The second-order valence-corrected chi connectivity index (χ2v) is 9.33. The summed E-state index contributed by atoms with van der Waals surface area (Å²) in [6.45, 7) is 8.22. The molecule has 0 spiro atoms. The number of para-hydroxylation sites is 1. The van der Waals surface area contributed by atoms with Crippen molar-refractivity contribution in [2.75, 3.05) is 11.1 Å². The molecule has 23 heavy (non-hydrogen) atoms. The highest BCUT2D eigenvalue weighted by molar-refractivity contribution is 8.03. The summed E-state index contributed by atoms with van der Waals surface area (Å²) in [5, 5.41) is 11.1. The number of rotatable bonds is 7. The van der Waals surface area contributed by atoms with E-state index in [4.69, 9.17) is 0 Å². The smallest absolute Gasteiger partial charge is 0.237 e. The standard InChI is InChI=1S/C16H21N3OS3/c1-5-21-15-18-19-16(23-15)22-11(4)14(20)17-13-9-7-6-8-12(13)10(2)3/h6-11H,5H2,1-4H3,(H,17,20)/t11-/m1/s1. The highest BCUT2D eigenvalue weighted by Gasteiger charge is 2.18. The molecule has 4 nitrogen and oxygen atoms in total. The number of nitrogens with one attached hydrogen (secondary N) is 1. The molecule has 0 aliphatic rings. The van der Waals surface area contributed by atoms with Gasteiger partial charge in [-0.15, -0.1) is 10.2 Å². The van der Waals surface area contributed by atoms with Crippen LogP contribution in [0.2, 0.25) is 0 Å². The highest BCUT2D eigenvalue weighted by atomic mass is 32.2. The lowest BCUT2D eigenvalue weighted by Crippen LogP contribution is -2.23. The Morgan fingerprint density at radius 1 is 1.22 bits per heavy atom. The lowest BCUT2D eigenvalue weighted by molar-refractivity contribution is -0.115. The van der Waals surface area contributed by atoms with Gasteiger partial charge < -0.3 is 5.32 Å². The van der Waals surface area contributed by atoms with Crippen molar-refractivity contribution >= 4 is 46.5 Å². The molecule has 0 saturated heterocycles. The Bertz CT molecular complexity index is 658. The van der Waals surface area contributed by atoms with Crippen LogP contribution in [-0.4, -0.2) is 27.1 Å². The molecule has 1 aromatic heterocycles. The normalized spacial score (nSPS) is 12.4. The molecule has 0 radical (unpaired) electrons. The first-order valence-corrected chi connectivity index (χ1v) is 10.2. The van der Waals surface area contributed by atoms with Gasteiger partial charge in [0, 0.05) is 5.69 Å². The number of nitrogens with zero attached hydrogens (tertiary/aromatic N) is 2. The Kier molecular flexibility index (Phi) is 6.92. The fraction of sp³-hybridized carbons (Fsp3) is 0.438. The van der Waals surface area contributed by atoms with Crippen molar-refractivity contribution in [3.8, 4) is 0 Å². The van der Waals surface area contributed by atoms with Gasteiger partial charge in [-0.1, -0.05) is 73.8 Å². The van der Waals surface area contributed by atoms with Crippen molar-refractivity contribution in [3.05, 3.63) is 29.8 Å². The lowest BCUT2D eigenvalue weighted by atomic mass is 10.0.